The van der Waals surface area contributed by atoms with E-state index < -0.39 is 52.8 Å². The number of amides is 1. The van der Waals surface area contributed by atoms with E-state index in [0.717, 1.165) is 68.3 Å². The number of alkyl halides is 3. The molecular formula is C38H48F3N5O6S3. The summed E-state index contributed by atoms with van der Waals surface area (Å²) in [6.45, 7) is 13.4. The van der Waals surface area contributed by atoms with Crippen molar-refractivity contribution in [2.75, 3.05) is 81.5 Å². The highest BCUT2D eigenvalue weighted by atomic mass is 32.2. The van der Waals surface area contributed by atoms with Gasteiger partial charge in [-0.2, -0.15) is 13.2 Å². The van der Waals surface area contributed by atoms with Gasteiger partial charge in [-0.25, -0.2) is 21.6 Å². The maximum Gasteiger partial charge on any atom is 0.501 e. The molecule has 1 amide bonds. The van der Waals surface area contributed by atoms with Crippen molar-refractivity contribution in [2.24, 2.45) is 0 Å². The maximum atomic E-state index is 14.1. The lowest BCUT2D eigenvalue weighted by Gasteiger charge is -2.36. The summed E-state index contributed by atoms with van der Waals surface area (Å²) in [7, 11) is -10.8. The molecule has 3 aromatic carbocycles. The standard InChI is InChI=1S/C38H48F3N5O6S3/c1-3-7-29(2)27-45-18-20-46(21-19-45)32-12-10-30(11-13-32)37(47)43-55(50,51)34-14-15-35(36(26-34)54(48,49)38(39,40)41)42-31(16-17-44-22-24-52-25-23-44)28-53-33-8-5-4-6-9-33/h4-6,8-15,26,31,42H,2-3,7,16-25,27-28H2,1H3,(H,43,47)/t31-/m1/s1. The molecule has 2 heterocycles. The van der Waals surface area contributed by atoms with Crippen LogP contribution in [0.3, 0.4) is 0 Å². The summed E-state index contributed by atoms with van der Waals surface area (Å²) >= 11 is 1.45. The summed E-state index contributed by atoms with van der Waals surface area (Å²) in [4.78, 5) is 18.6. The van der Waals surface area contributed by atoms with Crippen LogP contribution < -0.4 is 14.9 Å². The van der Waals surface area contributed by atoms with E-state index in [4.69, 9.17) is 4.74 Å². The molecule has 0 spiro atoms. The lowest BCUT2D eigenvalue weighted by molar-refractivity contribution is -0.0435. The number of halogens is 3. The zero-order valence-electron chi connectivity index (χ0n) is 30.8. The summed E-state index contributed by atoms with van der Waals surface area (Å²) < 4.78 is 102. The summed E-state index contributed by atoms with van der Waals surface area (Å²) in [5.41, 5.74) is -4.07. The lowest BCUT2D eigenvalue weighted by atomic mass is 10.1. The van der Waals surface area contributed by atoms with Gasteiger partial charge in [-0.3, -0.25) is 14.6 Å². The van der Waals surface area contributed by atoms with E-state index in [1.165, 1.54) is 29.5 Å². The number of morpholine rings is 1. The average molecular weight is 824 g/mol. The van der Waals surface area contributed by atoms with Crippen molar-refractivity contribution in [1.29, 1.82) is 0 Å². The number of anilines is 2. The number of carbonyl (C=O) groups excluding carboxylic acids is 1. The van der Waals surface area contributed by atoms with E-state index in [-0.39, 0.29) is 5.56 Å². The molecule has 2 aliphatic heterocycles. The Morgan fingerprint density at radius 2 is 1.58 bits per heavy atom. The third-order valence-corrected chi connectivity index (χ3v) is 13.5. The van der Waals surface area contributed by atoms with Gasteiger partial charge in [0.15, 0.2) is 0 Å². The van der Waals surface area contributed by atoms with E-state index >= 15 is 0 Å². The minimum atomic E-state index is -6.03. The van der Waals surface area contributed by atoms with Crippen LogP contribution in [0.15, 0.2) is 99.6 Å². The largest absolute Gasteiger partial charge is 0.501 e. The third-order valence-electron chi connectivity index (χ3n) is 9.45. The Bertz CT molecular complexity index is 1970. The van der Waals surface area contributed by atoms with Crippen LogP contribution in [0, 0.1) is 0 Å². The van der Waals surface area contributed by atoms with Gasteiger partial charge in [0, 0.05) is 80.3 Å². The second-order valence-electron chi connectivity index (χ2n) is 13.6. The molecular weight excluding hydrogens is 776 g/mol. The van der Waals surface area contributed by atoms with E-state index in [0.29, 0.717) is 51.1 Å². The van der Waals surface area contributed by atoms with Crippen LogP contribution >= 0.6 is 11.8 Å². The highest BCUT2D eigenvalue weighted by Gasteiger charge is 2.48. The number of nitrogens with zero attached hydrogens (tertiary/aromatic N) is 3. The van der Waals surface area contributed by atoms with Gasteiger partial charge in [-0.1, -0.05) is 43.7 Å². The van der Waals surface area contributed by atoms with Crippen LogP contribution in [-0.2, 0) is 24.6 Å². The highest BCUT2D eigenvalue weighted by Crippen LogP contribution is 2.37. The zero-order chi connectivity index (χ0) is 39.6. The van der Waals surface area contributed by atoms with Crippen LogP contribution in [0.4, 0.5) is 24.5 Å². The first-order valence-corrected chi connectivity index (χ1v) is 22.1. The first kappa shape index (κ1) is 42.5. The van der Waals surface area contributed by atoms with Gasteiger partial charge in [0.2, 0.25) is 0 Å². The Kier molecular flexibility index (Phi) is 14.7. The molecule has 5 rings (SSSR count). The Labute approximate surface area is 326 Å². The summed E-state index contributed by atoms with van der Waals surface area (Å²) in [5.74, 6) is -0.644. The monoisotopic (exact) mass is 823 g/mol. The van der Waals surface area contributed by atoms with Crippen molar-refractivity contribution in [3.63, 3.8) is 0 Å². The number of carbonyl (C=O) groups is 1. The molecule has 55 heavy (non-hydrogen) atoms. The Balaban J connectivity index is 1.31. The molecule has 3 aromatic rings. The Hall–Kier alpha value is -3.61. The normalized spacial score (nSPS) is 16.8. The van der Waals surface area contributed by atoms with Gasteiger partial charge in [0.25, 0.3) is 25.8 Å². The molecule has 1 atom stereocenters. The molecule has 2 saturated heterocycles. The number of thioether (sulfide) groups is 1. The van der Waals surface area contributed by atoms with E-state index in [9.17, 15) is 34.8 Å². The van der Waals surface area contributed by atoms with Gasteiger partial charge in [-0.15, -0.1) is 11.8 Å². The first-order valence-electron chi connectivity index (χ1n) is 18.2. The van der Waals surface area contributed by atoms with Crippen molar-refractivity contribution < 1.29 is 39.5 Å². The number of benzene rings is 3. The van der Waals surface area contributed by atoms with Gasteiger partial charge >= 0.3 is 5.51 Å². The fourth-order valence-electron chi connectivity index (χ4n) is 6.41. The van der Waals surface area contributed by atoms with E-state index in [1.54, 1.807) is 12.1 Å². The number of sulfone groups is 1. The van der Waals surface area contributed by atoms with Crippen molar-refractivity contribution >= 4 is 48.9 Å². The molecule has 0 saturated carbocycles. The smallest absolute Gasteiger partial charge is 0.380 e. The average Bonchev–Trinajstić information content (AvgIpc) is 3.16. The van der Waals surface area contributed by atoms with Crippen LogP contribution in [-0.4, -0.2) is 115 Å². The number of hydrogen-bond donors (Lipinski definition) is 2. The quantitative estimate of drug-likeness (QED) is 0.125. The minimum Gasteiger partial charge on any atom is -0.380 e. The van der Waals surface area contributed by atoms with Gasteiger partial charge in [0.05, 0.1) is 23.8 Å². The van der Waals surface area contributed by atoms with Crippen LogP contribution in [0.25, 0.3) is 0 Å². The van der Waals surface area contributed by atoms with Gasteiger partial charge in [0.1, 0.15) is 4.90 Å². The number of sulfonamides is 1. The molecule has 0 radical (unpaired) electrons. The molecule has 17 heteroatoms. The Morgan fingerprint density at radius 1 is 0.909 bits per heavy atom. The van der Waals surface area contributed by atoms with E-state index in [1.807, 2.05) is 35.1 Å². The molecule has 2 fully saturated rings. The minimum absolute atomic E-state index is 0.00211. The summed E-state index contributed by atoms with van der Waals surface area (Å²) in [5, 5.41) is 2.98. The number of rotatable bonds is 17. The van der Waals surface area contributed by atoms with Crippen molar-refractivity contribution in [2.45, 2.75) is 52.4 Å². The van der Waals surface area contributed by atoms with Crippen molar-refractivity contribution in [3.8, 4) is 0 Å². The predicted molar refractivity (Wildman–Crippen MR) is 210 cm³/mol. The van der Waals surface area contributed by atoms with Crippen LogP contribution in [0.2, 0.25) is 0 Å². The summed E-state index contributed by atoms with van der Waals surface area (Å²) in [6, 6.07) is 17.6. The van der Waals surface area contributed by atoms with Gasteiger partial charge < -0.3 is 15.0 Å². The number of nitrogens with one attached hydrogen (secondary N) is 2. The predicted octanol–water partition coefficient (Wildman–Crippen LogP) is 5.87. The molecule has 11 nitrogen and oxygen atoms in total. The Morgan fingerprint density at radius 3 is 2.22 bits per heavy atom. The zero-order valence-corrected chi connectivity index (χ0v) is 33.2. The number of ether oxygens (including phenoxy) is 1. The molecule has 2 N–H and O–H groups in total. The fourth-order valence-corrected chi connectivity index (χ4v) is 9.42. The van der Waals surface area contributed by atoms with Crippen molar-refractivity contribution in [1.82, 2.24) is 14.5 Å². The molecule has 300 valence electrons. The maximum absolute atomic E-state index is 14.1. The lowest BCUT2D eigenvalue weighted by Crippen LogP contribution is -2.46. The fraction of sp³-hybridized carbons (Fsp3) is 0.447. The first-order chi connectivity index (χ1) is 26.2. The molecule has 0 aromatic heterocycles. The molecule has 0 unspecified atom stereocenters. The van der Waals surface area contributed by atoms with Crippen LogP contribution in [0.5, 0.6) is 0 Å². The van der Waals surface area contributed by atoms with E-state index in [2.05, 4.69) is 33.5 Å². The van der Waals surface area contributed by atoms with Crippen molar-refractivity contribution in [3.05, 3.63) is 90.5 Å². The third kappa shape index (κ3) is 11.7. The van der Waals surface area contributed by atoms with Gasteiger partial charge in [-0.05, 0) is 67.4 Å². The summed E-state index contributed by atoms with van der Waals surface area (Å²) in [6.07, 6.45) is 2.49. The second kappa shape index (κ2) is 19.0. The molecule has 2 aliphatic rings. The number of piperazine rings is 1. The molecule has 0 bridgehead atoms. The molecule has 0 aliphatic carbocycles. The van der Waals surface area contributed by atoms with Crippen LogP contribution in [0.1, 0.15) is 36.5 Å². The highest BCUT2D eigenvalue weighted by molar-refractivity contribution is 7.99. The number of hydrogen-bond acceptors (Lipinski definition) is 11. The second-order valence-corrected chi connectivity index (χ2v) is 18.2. The topological polar surface area (TPSA) is 128 Å². The SMILES string of the molecule is C=C(CCC)CN1CCN(c2ccc(C(=O)NS(=O)(=O)c3ccc(N[C@H](CCN4CCOCC4)CSc4ccccc4)c(S(=O)(=O)C(F)(F)F)c3)cc2)CC1.